The van der Waals surface area contributed by atoms with Crippen LogP contribution >= 0.6 is 0 Å². The minimum atomic E-state index is 0.530. The van der Waals surface area contributed by atoms with E-state index < -0.39 is 0 Å². The molecule has 0 amide bonds. The van der Waals surface area contributed by atoms with Crippen LogP contribution in [0.4, 0.5) is 0 Å². The second kappa shape index (κ2) is 4.50. The molecule has 0 saturated heterocycles. The van der Waals surface area contributed by atoms with Crippen LogP contribution in [0.15, 0.2) is 0 Å². The van der Waals surface area contributed by atoms with E-state index in [1.165, 1.54) is 29.3 Å². The molecule has 0 N–H and O–H groups in total. The molecule has 1 unspecified atom stereocenters. The molecule has 0 bridgehead atoms. The van der Waals surface area contributed by atoms with Crippen molar-refractivity contribution in [1.29, 1.82) is 0 Å². The van der Waals surface area contributed by atoms with Crippen LogP contribution in [0.2, 0.25) is 4.78 Å². The summed E-state index contributed by atoms with van der Waals surface area (Å²) in [5, 5.41) is 0. The first-order valence-corrected chi connectivity index (χ1v) is 5.64. The third kappa shape index (κ3) is 5.73. The van der Waals surface area contributed by atoms with Gasteiger partial charge in [0.2, 0.25) is 16.3 Å². The van der Waals surface area contributed by atoms with E-state index >= 15 is 0 Å². The average molecular weight is 171 g/mol. The van der Waals surface area contributed by atoms with Gasteiger partial charge in [-0.15, -0.1) is 0 Å². The molecule has 66 valence electrons. The summed E-state index contributed by atoms with van der Waals surface area (Å²) in [5.74, 6) is 0. The van der Waals surface area contributed by atoms with Gasteiger partial charge in [-0.25, -0.2) is 0 Å². The molecular weight excluding hydrogens is 149 g/mol. The fourth-order valence-electron chi connectivity index (χ4n) is 0.885. The van der Waals surface area contributed by atoms with E-state index in [-0.39, 0.29) is 0 Å². The lowest BCUT2D eigenvalue weighted by atomic mass is 9.89. The first kappa shape index (κ1) is 11.5. The quantitative estimate of drug-likeness (QED) is 0.580. The highest BCUT2D eigenvalue weighted by Gasteiger charge is 2.19. The summed E-state index contributed by atoms with van der Waals surface area (Å²) in [4.78, 5) is 2.27. The van der Waals surface area contributed by atoms with Gasteiger partial charge in [0.05, 0.1) is 0 Å². The Morgan fingerprint density at radius 1 is 1.27 bits per heavy atom. The van der Waals surface area contributed by atoms with Gasteiger partial charge in [-0.1, -0.05) is 25.6 Å². The Balaban J connectivity index is 3.61. The second-order valence-electron chi connectivity index (χ2n) is 4.86. The molecule has 0 aliphatic heterocycles. The molecule has 2 heteroatoms. The molecule has 0 aromatic heterocycles. The minimum absolute atomic E-state index is 0.530. The van der Waals surface area contributed by atoms with E-state index in [2.05, 4.69) is 39.8 Å². The fraction of sp³-hybridized carbons (Fsp3) is 1.00. The molecule has 1 atom stereocenters. The van der Waals surface area contributed by atoms with E-state index in [0.29, 0.717) is 5.41 Å². The van der Waals surface area contributed by atoms with E-state index in [9.17, 15) is 0 Å². The van der Waals surface area contributed by atoms with Crippen LogP contribution in [0, 0.1) is 5.41 Å². The highest BCUT2D eigenvalue weighted by atomic mass is 27.0. The zero-order chi connectivity index (χ0) is 9.07. The Kier molecular flexibility index (Phi) is 4.70. The molecule has 0 fully saturated rings. The van der Waals surface area contributed by atoms with Crippen LogP contribution in [0.5, 0.6) is 0 Å². The normalized spacial score (nSPS) is 15.5. The maximum Gasteiger partial charge on any atom is 0.217 e. The number of nitrogens with zero attached hydrogens (tertiary/aromatic N) is 1. The maximum absolute atomic E-state index is 2.35. The van der Waals surface area contributed by atoms with Gasteiger partial charge in [0.1, 0.15) is 0 Å². The van der Waals surface area contributed by atoms with Gasteiger partial charge >= 0.3 is 0 Å². The van der Waals surface area contributed by atoms with E-state index in [1.807, 2.05) is 0 Å². The van der Waals surface area contributed by atoms with Crippen LogP contribution in [-0.2, 0) is 0 Å². The smallest absolute Gasteiger partial charge is 0.217 e. The van der Waals surface area contributed by atoms with Crippen LogP contribution in [0.25, 0.3) is 0 Å². The monoisotopic (exact) mass is 171 g/mol. The Morgan fingerprint density at radius 3 is 2.00 bits per heavy atom. The molecule has 0 rings (SSSR count). The van der Waals surface area contributed by atoms with Gasteiger partial charge < -0.3 is 4.90 Å². The molecule has 0 aromatic carbocycles. The van der Waals surface area contributed by atoms with Crippen molar-refractivity contribution < 1.29 is 0 Å². The summed E-state index contributed by atoms with van der Waals surface area (Å²) in [6.45, 7) is 8.28. The summed E-state index contributed by atoms with van der Waals surface area (Å²) in [6.07, 6.45) is 1.36. The SMILES string of the molecule is CN(C)CC[CH]([AlH2])C(C)(C)C. The fourth-order valence-corrected chi connectivity index (χ4v) is 1.14. The predicted molar refractivity (Wildman–Crippen MR) is 54.9 cm³/mol. The maximum atomic E-state index is 2.35. The first-order chi connectivity index (χ1) is 4.84. The average Bonchev–Trinajstić information content (AvgIpc) is 1.80. The summed E-state index contributed by atoms with van der Waals surface area (Å²) in [5.41, 5.74) is 0.530. The van der Waals surface area contributed by atoms with Crippen molar-refractivity contribution in [3.63, 3.8) is 0 Å². The molecule has 11 heavy (non-hydrogen) atoms. The number of hydrogen-bond donors (Lipinski definition) is 0. The molecule has 0 aliphatic carbocycles. The summed E-state index contributed by atoms with van der Waals surface area (Å²) < 4.78 is 0.949. The summed E-state index contributed by atoms with van der Waals surface area (Å²) >= 11 is 1.33. The second-order valence-corrected chi connectivity index (χ2v) is 6.25. The van der Waals surface area contributed by atoms with Crippen molar-refractivity contribution in [1.82, 2.24) is 4.90 Å². The summed E-state index contributed by atoms with van der Waals surface area (Å²) in [6, 6.07) is 0. The standard InChI is InChI=1S/C9H20N.Al.2H/c1-9(2,3)7-6-8-10(4)5;;;/h7H,6,8H2,1-5H3;;;. The van der Waals surface area contributed by atoms with Gasteiger partial charge in [0, 0.05) is 0 Å². The Morgan fingerprint density at radius 2 is 1.73 bits per heavy atom. The largest absolute Gasteiger partial charge is 0.309 e. The Labute approximate surface area is 79.6 Å². The van der Waals surface area contributed by atoms with Crippen LogP contribution in [0.3, 0.4) is 0 Å². The predicted octanol–water partition coefficient (Wildman–Crippen LogP) is 1.41. The van der Waals surface area contributed by atoms with Crippen molar-refractivity contribution in [3.05, 3.63) is 0 Å². The van der Waals surface area contributed by atoms with Crippen molar-refractivity contribution >= 4 is 16.3 Å². The molecule has 0 heterocycles. The van der Waals surface area contributed by atoms with Crippen LogP contribution in [-0.4, -0.2) is 41.8 Å². The molecule has 1 nitrogen and oxygen atoms in total. The molecule has 0 saturated carbocycles. The van der Waals surface area contributed by atoms with E-state index in [0.717, 1.165) is 4.78 Å². The lowest BCUT2D eigenvalue weighted by Gasteiger charge is -2.28. The third-order valence-corrected chi connectivity index (χ3v) is 4.80. The third-order valence-electron chi connectivity index (χ3n) is 2.49. The van der Waals surface area contributed by atoms with E-state index in [4.69, 9.17) is 0 Å². The van der Waals surface area contributed by atoms with Gasteiger partial charge in [-0.2, -0.15) is 0 Å². The molecule has 0 radical (unpaired) electrons. The molecule has 0 aromatic rings. The zero-order valence-corrected chi connectivity index (χ0v) is 10.9. The molecule has 0 aliphatic rings. The van der Waals surface area contributed by atoms with Crippen molar-refractivity contribution in [2.75, 3.05) is 20.6 Å². The lowest BCUT2D eigenvalue weighted by Crippen LogP contribution is -2.21. The van der Waals surface area contributed by atoms with Crippen molar-refractivity contribution in [2.45, 2.75) is 32.0 Å². The van der Waals surface area contributed by atoms with Crippen LogP contribution in [0.1, 0.15) is 27.2 Å². The summed E-state index contributed by atoms with van der Waals surface area (Å²) in [7, 11) is 4.30. The van der Waals surface area contributed by atoms with Crippen molar-refractivity contribution in [2.24, 2.45) is 5.41 Å². The Hall–Kier alpha value is 0.492. The highest BCUT2D eigenvalue weighted by molar-refractivity contribution is 6.12. The van der Waals surface area contributed by atoms with Gasteiger partial charge in [-0.05, 0) is 32.5 Å². The zero-order valence-electron chi connectivity index (χ0n) is 8.94. The number of rotatable bonds is 3. The topological polar surface area (TPSA) is 3.24 Å². The number of hydrogen-bond acceptors (Lipinski definition) is 1. The lowest BCUT2D eigenvalue weighted by molar-refractivity contribution is 0.320. The van der Waals surface area contributed by atoms with Gasteiger partial charge in [-0.3, -0.25) is 0 Å². The molecule has 0 spiro atoms. The van der Waals surface area contributed by atoms with E-state index in [1.54, 1.807) is 0 Å². The van der Waals surface area contributed by atoms with Gasteiger partial charge in [0.25, 0.3) is 0 Å². The first-order valence-electron chi connectivity index (χ1n) is 4.48. The minimum Gasteiger partial charge on any atom is -0.309 e. The Bertz CT molecular complexity index is 105. The van der Waals surface area contributed by atoms with Crippen LogP contribution < -0.4 is 0 Å². The van der Waals surface area contributed by atoms with Crippen molar-refractivity contribution in [3.8, 4) is 0 Å². The molecular formula is C9H22AlN. The van der Waals surface area contributed by atoms with Gasteiger partial charge in [0.15, 0.2) is 0 Å². The highest BCUT2D eigenvalue weighted by Crippen LogP contribution is 2.30.